The number of thiazole rings is 1. The van der Waals surface area contributed by atoms with E-state index in [4.69, 9.17) is 0 Å². The van der Waals surface area contributed by atoms with Gasteiger partial charge in [-0.15, -0.1) is 0 Å². The summed E-state index contributed by atoms with van der Waals surface area (Å²) in [6.45, 7) is 2.85. The average molecular weight is 393 g/mol. The molecule has 0 fully saturated rings. The summed E-state index contributed by atoms with van der Waals surface area (Å²) in [5.41, 5.74) is 2.67. The molecule has 7 nitrogen and oxygen atoms in total. The first-order valence-electron chi connectivity index (χ1n) is 8.98. The van der Waals surface area contributed by atoms with Crippen molar-refractivity contribution in [2.75, 3.05) is 6.54 Å². The third-order valence-corrected chi connectivity index (χ3v) is 5.61. The van der Waals surface area contributed by atoms with Crippen LogP contribution in [0.15, 0.2) is 59.7 Å². The lowest BCUT2D eigenvalue weighted by Crippen LogP contribution is -2.27. The molecule has 1 amide bonds. The summed E-state index contributed by atoms with van der Waals surface area (Å²) < 4.78 is 3.34. The smallest absolute Gasteiger partial charge is 0.266 e. The number of carbonyl (C=O) groups excluding carboxylic acids is 1. The number of carbonyl (C=O) groups is 1. The predicted molar refractivity (Wildman–Crippen MR) is 109 cm³/mol. The maximum atomic E-state index is 12.5. The Hall–Kier alpha value is -3.26. The Labute approximate surface area is 165 Å². The van der Waals surface area contributed by atoms with Gasteiger partial charge in [-0.2, -0.15) is 5.10 Å². The van der Waals surface area contributed by atoms with Crippen molar-refractivity contribution in [3.8, 4) is 11.3 Å². The van der Waals surface area contributed by atoms with Gasteiger partial charge in [0, 0.05) is 42.8 Å². The summed E-state index contributed by atoms with van der Waals surface area (Å²) in [4.78, 5) is 30.2. The Kier molecular flexibility index (Phi) is 5.03. The number of benzene rings is 1. The number of aryl methyl sites for hydroxylation is 2. The van der Waals surface area contributed by atoms with Crippen LogP contribution in [0.1, 0.15) is 21.8 Å². The van der Waals surface area contributed by atoms with Crippen LogP contribution in [0.4, 0.5) is 0 Å². The highest BCUT2D eigenvalue weighted by Gasteiger charge is 2.17. The number of hydrogen-bond acceptors (Lipinski definition) is 5. The van der Waals surface area contributed by atoms with Crippen molar-refractivity contribution in [1.82, 2.24) is 24.5 Å². The maximum absolute atomic E-state index is 12.5. The highest BCUT2D eigenvalue weighted by molar-refractivity contribution is 7.19. The number of rotatable bonds is 6. The molecule has 142 valence electrons. The summed E-state index contributed by atoms with van der Waals surface area (Å²) >= 11 is 1.38. The van der Waals surface area contributed by atoms with Crippen LogP contribution >= 0.6 is 11.3 Å². The second-order valence-corrected chi connectivity index (χ2v) is 7.33. The van der Waals surface area contributed by atoms with Crippen LogP contribution < -0.4 is 10.9 Å². The molecule has 0 unspecified atom stereocenters. The van der Waals surface area contributed by atoms with Gasteiger partial charge in [0.2, 0.25) is 0 Å². The normalized spacial score (nSPS) is 11.0. The molecule has 8 heteroatoms. The molecule has 3 heterocycles. The van der Waals surface area contributed by atoms with Crippen LogP contribution in [0.5, 0.6) is 0 Å². The molecule has 0 spiro atoms. The quantitative estimate of drug-likeness (QED) is 0.511. The monoisotopic (exact) mass is 393 g/mol. The van der Waals surface area contributed by atoms with Gasteiger partial charge in [0.05, 0.1) is 5.69 Å². The summed E-state index contributed by atoms with van der Waals surface area (Å²) in [7, 11) is 0. The molecule has 1 aromatic carbocycles. The van der Waals surface area contributed by atoms with E-state index in [0.717, 1.165) is 21.9 Å². The summed E-state index contributed by atoms with van der Waals surface area (Å²) in [5.74, 6) is -0.123. The fraction of sp³-hybridized carbons (Fsp3) is 0.200. The first-order chi connectivity index (χ1) is 13.6. The van der Waals surface area contributed by atoms with Crippen LogP contribution in [0, 0.1) is 6.92 Å². The molecule has 0 radical (unpaired) electrons. The van der Waals surface area contributed by atoms with Gasteiger partial charge in [-0.25, -0.2) is 9.67 Å². The van der Waals surface area contributed by atoms with E-state index in [1.807, 2.05) is 47.9 Å². The van der Waals surface area contributed by atoms with E-state index in [-0.39, 0.29) is 11.5 Å². The fourth-order valence-corrected chi connectivity index (χ4v) is 4.00. The third-order valence-electron chi connectivity index (χ3n) is 4.45. The minimum Gasteiger partial charge on any atom is -0.351 e. The van der Waals surface area contributed by atoms with Crippen molar-refractivity contribution in [1.29, 1.82) is 0 Å². The second kappa shape index (κ2) is 7.77. The van der Waals surface area contributed by atoms with Gasteiger partial charge in [0.15, 0.2) is 4.96 Å². The highest BCUT2D eigenvalue weighted by atomic mass is 32.1. The second-order valence-electron chi connectivity index (χ2n) is 6.36. The zero-order valence-corrected chi connectivity index (χ0v) is 16.1. The van der Waals surface area contributed by atoms with Gasteiger partial charge in [-0.1, -0.05) is 41.7 Å². The molecule has 1 N–H and O–H groups in total. The molecule has 0 atom stereocenters. The van der Waals surface area contributed by atoms with E-state index in [0.29, 0.717) is 24.4 Å². The van der Waals surface area contributed by atoms with Crippen molar-refractivity contribution >= 4 is 22.2 Å². The molecule has 28 heavy (non-hydrogen) atoms. The zero-order valence-electron chi connectivity index (χ0n) is 15.3. The molecule has 3 aromatic heterocycles. The van der Waals surface area contributed by atoms with Crippen molar-refractivity contribution in [2.45, 2.75) is 19.9 Å². The first kappa shape index (κ1) is 18.1. The lowest BCUT2D eigenvalue weighted by molar-refractivity contribution is 0.0955. The number of nitrogens with zero attached hydrogens (tertiary/aromatic N) is 4. The van der Waals surface area contributed by atoms with Gasteiger partial charge in [-0.05, 0) is 19.4 Å². The number of aromatic nitrogens is 4. The Balaban J connectivity index is 1.42. The van der Waals surface area contributed by atoms with E-state index in [1.54, 1.807) is 12.3 Å². The van der Waals surface area contributed by atoms with Gasteiger partial charge >= 0.3 is 0 Å². The highest BCUT2D eigenvalue weighted by Crippen LogP contribution is 2.26. The number of nitrogens with one attached hydrogen (secondary N) is 1. The first-order valence-corrected chi connectivity index (χ1v) is 9.79. The topological polar surface area (TPSA) is 81.3 Å². The molecular formula is C20H19N5O2S. The van der Waals surface area contributed by atoms with E-state index < -0.39 is 0 Å². The lowest BCUT2D eigenvalue weighted by atomic mass is 10.2. The van der Waals surface area contributed by atoms with E-state index in [9.17, 15) is 9.59 Å². The van der Waals surface area contributed by atoms with E-state index in [2.05, 4.69) is 15.4 Å². The average Bonchev–Trinajstić information content (AvgIpc) is 3.27. The van der Waals surface area contributed by atoms with Crippen LogP contribution in [-0.4, -0.2) is 31.6 Å². The lowest BCUT2D eigenvalue weighted by Gasteiger charge is -2.05. The standard InChI is InChI=1S/C20H19N5O2S/c1-14-18(19(27)21-10-6-12-25-17(26)9-5-11-22-25)28-20-23-16(13-24(14)20)15-7-3-2-4-8-15/h2-5,7-9,11,13H,6,10,12H2,1H3,(H,21,27). The molecule has 0 saturated heterocycles. The van der Waals surface area contributed by atoms with Crippen LogP contribution in [0.3, 0.4) is 0 Å². The Morgan fingerprint density at radius 3 is 2.75 bits per heavy atom. The van der Waals surface area contributed by atoms with Crippen LogP contribution in [-0.2, 0) is 6.54 Å². The maximum Gasteiger partial charge on any atom is 0.266 e. The van der Waals surface area contributed by atoms with Crippen LogP contribution in [0.2, 0.25) is 0 Å². The number of imidazole rings is 1. The molecule has 0 bridgehead atoms. The van der Waals surface area contributed by atoms with Crippen molar-refractivity contribution < 1.29 is 4.79 Å². The zero-order chi connectivity index (χ0) is 19.5. The Morgan fingerprint density at radius 2 is 2.00 bits per heavy atom. The Bertz CT molecular complexity index is 1180. The molecular weight excluding hydrogens is 374 g/mol. The molecule has 0 aliphatic rings. The minimum atomic E-state index is -0.140. The molecule has 0 aliphatic heterocycles. The molecule has 0 aliphatic carbocycles. The summed E-state index contributed by atoms with van der Waals surface area (Å²) in [6.07, 6.45) is 4.16. The Morgan fingerprint density at radius 1 is 1.18 bits per heavy atom. The summed E-state index contributed by atoms with van der Waals surface area (Å²) in [6, 6.07) is 13.0. The predicted octanol–water partition coefficient (Wildman–Crippen LogP) is 2.75. The third kappa shape index (κ3) is 3.59. The van der Waals surface area contributed by atoms with Gasteiger partial charge in [0.25, 0.3) is 11.5 Å². The fourth-order valence-electron chi connectivity index (χ4n) is 2.97. The van der Waals surface area contributed by atoms with Gasteiger partial charge in [0.1, 0.15) is 4.88 Å². The number of hydrogen-bond donors (Lipinski definition) is 1. The van der Waals surface area contributed by atoms with Crippen molar-refractivity contribution in [3.63, 3.8) is 0 Å². The van der Waals surface area contributed by atoms with Crippen molar-refractivity contribution in [3.05, 3.63) is 75.8 Å². The minimum absolute atomic E-state index is 0.123. The largest absolute Gasteiger partial charge is 0.351 e. The summed E-state index contributed by atoms with van der Waals surface area (Å²) in [5, 5.41) is 6.92. The van der Waals surface area contributed by atoms with Gasteiger partial charge in [-0.3, -0.25) is 14.0 Å². The van der Waals surface area contributed by atoms with E-state index >= 15 is 0 Å². The number of amides is 1. The van der Waals surface area contributed by atoms with Gasteiger partial charge < -0.3 is 5.32 Å². The molecule has 4 rings (SSSR count). The SMILES string of the molecule is Cc1c(C(=O)NCCCn2ncccc2=O)sc2nc(-c3ccccc3)cn12. The molecule has 4 aromatic rings. The van der Waals surface area contributed by atoms with E-state index in [1.165, 1.54) is 22.1 Å². The molecule has 0 saturated carbocycles. The van der Waals surface area contributed by atoms with Crippen LogP contribution in [0.25, 0.3) is 16.2 Å². The van der Waals surface area contributed by atoms with Crippen molar-refractivity contribution in [2.24, 2.45) is 0 Å². The number of fused-ring (bicyclic) bond motifs is 1.